The largest absolute Gasteiger partial charge is 0.506 e. The van der Waals surface area contributed by atoms with E-state index in [0.717, 1.165) is 24.7 Å². The van der Waals surface area contributed by atoms with Gasteiger partial charge in [-0.3, -0.25) is 0 Å². The number of phenols is 1. The topological polar surface area (TPSA) is 49.5 Å². The first-order valence-corrected chi connectivity index (χ1v) is 5.51. The fourth-order valence-electron chi connectivity index (χ4n) is 2.13. The van der Waals surface area contributed by atoms with Crippen LogP contribution in [0.5, 0.6) is 5.75 Å². The van der Waals surface area contributed by atoms with Gasteiger partial charge < -0.3 is 15.7 Å². The summed E-state index contributed by atoms with van der Waals surface area (Å²) in [5.41, 5.74) is 7.37. The fraction of sp³-hybridized carbons (Fsp3) is 0.500. The predicted octanol–water partition coefficient (Wildman–Crippen LogP) is 2.21. The van der Waals surface area contributed by atoms with Gasteiger partial charge in [-0.05, 0) is 30.9 Å². The van der Waals surface area contributed by atoms with E-state index in [-0.39, 0.29) is 0 Å². The van der Waals surface area contributed by atoms with Gasteiger partial charge in [0.1, 0.15) is 11.4 Å². The first kappa shape index (κ1) is 10.1. The third kappa shape index (κ3) is 2.01. The Labute approximate surface area is 90.5 Å². The summed E-state index contributed by atoms with van der Waals surface area (Å²) < 4.78 is 0. The summed E-state index contributed by atoms with van der Waals surface area (Å²) in [6.07, 6.45) is 2.35. The first-order valence-electron chi connectivity index (χ1n) is 5.51. The van der Waals surface area contributed by atoms with E-state index in [1.807, 2.05) is 6.07 Å². The molecule has 1 aliphatic rings. The Hall–Kier alpha value is -1.38. The van der Waals surface area contributed by atoms with Gasteiger partial charge in [0, 0.05) is 13.1 Å². The SMILES string of the molecule is CC1CCN(c2c(N)cccc2O)CC1. The van der Waals surface area contributed by atoms with Crippen molar-refractivity contribution in [3.05, 3.63) is 18.2 Å². The number of phenolic OH excluding ortho intramolecular Hbond substituents is 1. The molecule has 0 unspecified atom stereocenters. The highest BCUT2D eigenvalue weighted by Crippen LogP contribution is 2.35. The molecule has 1 aromatic carbocycles. The van der Waals surface area contributed by atoms with Gasteiger partial charge >= 0.3 is 0 Å². The van der Waals surface area contributed by atoms with Crippen molar-refractivity contribution in [2.24, 2.45) is 5.92 Å². The van der Waals surface area contributed by atoms with Crippen molar-refractivity contribution in [1.29, 1.82) is 0 Å². The minimum Gasteiger partial charge on any atom is -0.506 e. The molecule has 15 heavy (non-hydrogen) atoms. The van der Waals surface area contributed by atoms with Crippen molar-refractivity contribution in [1.82, 2.24) is 0 Å². The van der Waals surface area contributed by atoms with E-state index >= 15 is 0 Å². The molecule has 1 aliphatic heterocycles. The fourth-order valence-corrected chi connectivity index (χ4v) is 2.13. The van der Waals surface area contributed by atoms with Gasteiger partial charge in [-0.2, -0.15) is 0 Å². The molecule has 1 aromatic rings. The van der Waals surface area contributed by atoms with E-state index in [1.165, 1.54) is 12.8 Å². The third-order valence-electron chi connectivity index (χ3n) is 3.15. The van der Waals surface area contributed by atoms with Crippen LogP contribution < -0.4 is 10.6 Å². The average Bonchev–Trinajstić information content (AvgIpc) is 2.20. The highest BCUT2D eigenvalue weighted by Gasteiger charge is 2.19. The molecule has 0 aliphatic carbocycles. The molecular weight excluding hydrogens is 188 g/mol. The summed E-state index contributed by atoms with van der Waals surface area (Å²) in [5, 5.41) is 9.79. The highest BCUT2D eigenvalue weighted by atomic mass is 16.3. The molecule has 0 spiro atoms. The maximum Gasteiger partial charge on any atom is 0.141 e. The van der Waals surface area contributed by atoms with Gasteiger partial charge in [-0.25, -0.2) is 0 Å². The minimum atomic E-state index is 0.296. The number of nitrogens with zero attached hydrogens (tertiary/aromatic N) is 1. The summed E-state index contributed by atoms with van der Waals surface area (Å²) in [5.74, 6) is 1.08. The Morgan fingerprint density at radius 3 is 2.60 bits per heavy atom. The van der Waals surface area contributed by atoms with Gasteiger partial charge in [0.05, 0.1) is 5.69 Å². The van der Waals surface area contributed by atoms with Crippen LogP contribution in [0, 0.1) is 5.92 Å². The van der Waals surface area contributed by atoms with Crippen LogP contribution in [-0.4, -0.2) is 18.2 Å². The summed E-state index contributed by atoms with van der Waals surface area (Å²) in [6.45, 7) is 4.25. The van der Waals surface area contributed by atoms with Gasteiger partial charge in [0.25, 0.3) is 0 Å². The first-order chi connectivity index (χ1) is 7.18. The molecule has 0 saturated carbocycles. The minimum absolute atomic E-state index is 0.296. The standard InChI is InChI=1S/C12H18N2O/c1-9-5-7-14(8-6-9)12-10(13)3-2-4-11(12)15/h2-4,9,15H,5-8,13H2,1H3. The molecule has 82 valence electrons. The van der Waals surface area contributed by atoms with E-state index in [9.17, 15) is 5.11 Å². The van der Waals surface area contributed by atoms with Crippen LogP contribution in [0.15, 0.2) is 18.2 Å². The van der Waals surface area contributed by atoms with Gasteiger partial charge in [0.2, 0.25) is 0 Å². The Morgan fingerprint density at radius 2 is 2.00 bits per heavy atom. The maximum atomic E-state index is 9.79. The Bertz CT molecular complexity index is 323. The summed E-state index contributed by atoms with van der Waals surface area (Å²) in [7, 11) is 0. The van der Waals surface area contributed by atoms with Crippen LogP contribution in [0.2, 0.25) is 0 Å². The number of para-hydroxylation sites is 1. The Balaban J connectivity index is 2.22. The number of benzene rings is 1. The lowest BCUT2D eigenvalue weighted by Gasteiger charge is -2.33. The molecule has 0 bridgehead atoms. The lowest BCUT2D eigenvalue weighted by molar-refractivity contribution is 0.428. The van der Waals surface area contributed by atoms with Gasteiger partial charge in [0.15, 0.2) is 0 Å². The van der Waals surface area contributed by atoms with Gasteiger partial charge in [-0.15, -0.1) is 0 Å². The molecule has 3 nitrogen and oxygen atoms in total. The predicted molar refractivity (Wildman–Crippen MR) is 63.1 cm³/mol. The lowest BCUT2D eigenvalue weighted by Crippen LogP contribution is -2.33. The third-order valence-corrected chi connectivity index (χ3v) is 3.15. The number of nitrogens with two attached hydrogens (primary N) is 1. The van der Waals surface area contributed by atoms with E-state index in [4.69, 9.17) is 5.73 Å². The number of hydrogen-bond donors (Lipinski definition) is 2. The number of rotatable bonds is 1. The number of nitrogen functional groups attached to an aromatic ring is 1. The van der Waals surface area contributed by atoms with E-state index < -0.39 is 0 Å². The van der Waals surface area contributed by atoms with Crippen molar-refractivity contribution in [3.8, 4) is 5.75 Å². The zero-order valence-electron chi connectivity index (χ0n) is 9.11. The molecule has 1 heterocycles. The molecule has 0 amide bonds. The molecule has 2 rings (SSSR count). The molecule has 0 aromatic heterocycles. The zero-order valence-corrected chi connectivity index (χ0v) is 9.11. The van der Waals surface area contributed by atoms with E-state index in [0.29, 0.717) is 11.4 Å². The molecule has 0 radical (unpaired) electrons. The van der Waals surface area contributed by atoms with Crippen molar-refractivity contribution < 1.29 is 5.11 Å². The second-order valence-corrected chi connectivity index (χ2v) is 4.38. The average molecular weight is 206 g/mol. The number of piperidine rings is 1. The smallest absolute Gasteiger partial charge is 0.141 e. The van der Waals surface area contributed by atoms with Gasteiger partial charge in [-0.1, -0.05) is 13.0 Å². The van der Waals surface area contributed by atoms with Crippen LogP contribution >= 0.6 is 0 Å². The number of anilines is 2. The van der Waals surface area contributed by atoms with E-state index in [1.54, 1.807) is 12.1 Å². The second kappa shape index (κ2) is 4.01. The van der Waals surface area contributed by atoms with Crippen LogP contribution in [0.25, 0.3) is 0 Å². The summed E-state index contributed by atoms with van der Waals surface area (Å²) in [4.78, 5) is 2.19. The van der Waals surface area contributed by atoms with Crippen molar-refractivity contribution in [2.45, 2.75) is 19.8 Å². The number of hydrogen-bond acceptors (Lipinski definition) is 3. The second-order valence-electron chi connectivity index (χ2n) is 4.38. The van der Waals surface area contributed by atoms with Crippen molar-refractivity contribution in [3.63, 3.8) is 0 Å². The van der Waals surface area contributed by atoms with Crippen LogP contribution in [0.1, 0.15) is 19.8 Å². The summed E-state index contributed by atoms with van der Waals surface area (Å²) >= 11 is 0. The summed E-state index contributed by atoms with van der Waals surface area (Å²) in [6, 6.07) is 5.32. The molecule has 0 atom stereocenters. The lowest BCUT2D eigenvalue weighted by atomic mass is 9.98. The Kier molecular flexibility index (Phi) is 2.71. The number of aromatic hydroxyl groups is 1. The quantitative estimate of drug-likeness (QED) is 0.693. The van der Waals surface area contributed by atoms with Crippen molar-refractivity contribution >= 4 is 11.4 Å². The molecular formula is C12H18N2O. The van der Waals surface area contributed by atoms with Crippen LogP contribution in [0.3, 0.4) is 0 Å². The monoisotopic (exact) mass is 206 g/mol. The zero-order chi connectivity index (χ0) is 10.8. The van der Waals surface area contributed by atoms with Crippen LogP contribution in [0.4, 0.5) is 11.4 Å². The van der Waals surface area contributed by atoms with Crippen molar-refractivity contribution in [2.75, 3.05) is 23.7 Å². The molecule has 1 fully saturated rings. The van der Waals surface area contributed by atoms with E-state index in [2.05, 4.69) is 11.8 Å². The Morgan fingerprint density at radius 1 is 1.33 bits per heavy atom. The van der Waals surface area contributed by atoms with Crippen LogP contribution in [-0.2, 0) is 0 Å². The maximum absolute atomic E-state index is 9.79. The molecule has 3 heteroatoms. The normalized spacial score (nSPS) is 18.1. The molecule has 3 N–H and O–H groups in total. The highest BCUT2D eigenvalue weighted by molar-refractivity contribution is 5.74. The molecule has 1 saturated heterocycles.